The van der Waals surface area contributed by atoms with Crippen molar-refractivity contribution in [3.05, 3.63) is 28.5 Å². The van der Waals surface area contributed by atoms with E-state index in [4.69, 9.17) is 0 Å². The van der Waals surface area contributed by atoms with Crippen LogP contribution in [0.5, 0.6) is 0 Å². The van der Waals surface area contributed by atoms with Crippen LogP contribution in [0.2, 0.25) is 0 Å². The summed E-state index contributed by atoms with van der Waals surface area (Å²) in [6.07, 6.45) is 6.46. The van der Waals surface area contributed by atoms with Crippen molar-refractivity contribution < 1.29 is 14.7 Å². The van der Waals surface area contributed by atoms with Gasteiger partial charge in [-0.1, -0.05) is 6.92 Å². The first kappa shape index (κ1) is 24.6. The molecule has 0 radical (unpaired) electrons. The lowest BCUT2D eigenvalue weighted by Crippen LogP contribution is -2.40. The Morgan fingerprint density at radius 1 is 1.29 bits per heavy atom. The highest BCUT2D eigenvalue weighted by atomic mass is 32.1. The van der Waals surface area contributed by atoms with Crippen LogP contribution in [0.15, 0.2) is 12.3 Å². The third-order valence-electron chi connectivity index (χ3n) is 7.00. The maximum atomic E-state index is 13.5. The molecule has 8 nitrogen and oxygen atoms in total. The zero-order valence-electron chi connectivity index (χ0n) is 20.4. The molecule has 2 amide bonds. The summed E-state index contributed by atoms with van der Waals surface area (Å²) in [5.74, 6) is 0.304. The Morgan fingerprint density at radius 2 is 2.09 bits per heavy atom. The van der Waals surface area contributed by atoms with E-state index in [1.54, 1.807) is 6.20 Å². The molecule has 1 aliphatic carbocycles. The van der Waals surface area contributed by atoms with Gasteiger partial charge in [-0.05, 0) is 70.9 Å². The van der Waals surface area contributed by atoms with E-state index in [0.29, 0.717) is 29.6 Å². The number of amides is 2. The Balaban J connectivity index is 1.68. The second-order valence-corrected chi connectivity index (χ2v) is 10.6. The summed E-state index contributed by atoms with van der Waals surface area (Å²) in [6, 6.07) is 2.15. The maximum Gasteiger partial charge on any atom is 0.280 e. The van der Waals surface area contributed by atoms with Gasteiger partial charge >= 0.3 is 0 Å². The number of anilines is 1. The molecule has 2 fully saturated rings. The molecular weight excluding hydrogens is 450 g/mol. The molecule has 4 atom stereocenters. The highest BCUT2D eigenvalue weighted by molar-refractivity contribution is 7.17. The molecule has 3 N–H and O–H groups in total. The summed E-state index contributed by atoms with van der Waals surface area (Å²) in [5, 5.41) is 16.7. The fourth-order valence-electron chi connectivity index (χ4n) is 4.68. The van der Waals surface area contributed by atoms with Crippen molar-refractivity contribution in [2.75, 3.05) is 11.9 Å². The molecule has 2 aliphatic rings. The molecule has 34 heavy (non-hydrogen) atoms. The molecule has 0 aromatic carbocycles. The molecule has 9 heteroatoms. The summed E-state index contributed by atoms with van der Waals surface area (Å²) in [5.41, 5.74) is 2.08. The van der Waals surface area contributed by atoms with E-state index in [-0.39, 0.29) is 28.9 Å². The number of carbonyl (C=O) groups excluding carboxylic acids is 2. The lowest BCUT2D eigenvalue weighted by atomic mass is 10.1. The number of aryl methyl sites for hydroxylation is 1. The molecule has 184 valence electrons. The molecule has 1 saturated carbocycles. The largest absolute Gasteiger partial charge is 0.391 e. The van der Waals surface area contributed by atoms with E-state index in [1.807, 2.05) is 24.8 Å². The number of likely N-dealkylation sites (tertiary alicyclic amines) is 1. The molecule has 0 bridgehead atoms. The van der Waals surface area contributed by atoms with Crippen molar-refractivity contribution in [3.63, 3.8) is 0 Å². The van der Waals surface area contributed by atoms with Crippen LogP contribution in [-0.2, 0) is 0 Å². The average Bonchev–Trinajstić information content (AvgIpc) is 3.54. The number of aliphatic hydroxyl groups excluding tert-OH is 1. The van der Waals surface area contributed by atoms with E-state index >= 15 is 0 Å². The smallest absolute Gasteiger partial charge is 0.280 e. The van der Waals surface area contributed by atoms with Crippen LogP contribution in [0.25, 0.3) is 10.4 Å². The first-order valence-electron chi connectivity index (χ1n) is 12.3. The van der Waals surface area contributed by atoms with Crippen LogP contribution in [0, 0.1) is 6.92 Å². The van der Waals surface area contributed by atoms with E-state index in [2.05, 4.69) is 34.4 Å². The Bertz CT molecular complexity index is 1060. The predicted octanol–water partition coefficient (Wildman–Crippen LogP) is 3.99. The summed E-state index contributed by atoms with van der Waals surface area (Å²) < 4.78 is 0. The lowest BCUT2D eigenvalue weighted by molar-refractivity contribution is 0.0743. The highest BCUT2D eigenvalue weighted by Crippen LogP contribution is 2.35. The van der Waals surface area contributed by atoms with E-state index < -0.39 is 6.10 Å². The molecule has 2 aromatic rings. The lowest BCUT2D eigenvalue weighted by Gasteiger charge is -2.21. The number of thiazole rings is 1. The van der Waals surface area contributed by atoms with E-state index in [0.717, 1.165) is 49.0 Å². The van der Waals surface area contributed by atoms with Crippen LogP contribution in [-0.4, -0.2) is 62.6 Å². The van der Waals surface area contributed by atoms with Gasteiger partial charge in [-0.25, -0.2) is 9.97 Å². The molecule has 4 rings (SSSR count). The first-order valence-corrected chi connectivity index (χ1v) is 13.1. The number of carbonyl (C=O) groups is 2. The summed E-state index contributed by atoms with van der Waals surface area (Å²) in [6.45, 7) is 8.95. The van der Waals surface area contributed by atoms with Crippen LogP contribution < -0.4 is 10.6 Å². The Morgan fingerprint density at radius 3 is 2.71 bits per heavy atom. The van der Waals surface area contributed by atoms with Crippen LogP contribution in [0.1, 0.15) is 85.2 Å². The van der Waals surface area contributed by atoms with Gasteiger partial charge < -0.3 is 20.6 Å². The maximum absolute atomic E-state index is 13.5. The fraction of sp³-hybridized carbons (Fsp3) is 0.600. The Kier molecular flexibility index (Phi) is 7.52. The van der Waals surface area contributed by atoms with Gasteiger partial charge in [0.1, 0.15) is 11.5 Å². The normalized spacial score (nSPS) is 23.2. The molecule has 3 heterocycles. The monoisotopic (exact) mass is 485 g/mol. The Labute approximate surface area is 205 Å². The van der Waals surface area contributed by atoms with Gasteiger partial charge in [-0.3, -0.25) is 9.59 Å². The van der Waals surface area contributed by atoms with Crippen LogP contribution in [0.3, 0.4) is 0 Å². The van der Waals surface area contributed by atoms with E-state index in [1.165, 1.54) is 11.3 Å². The number of nitrogens with zero attached hydrogens (tertiary/aromatic N) is 3. The number of aliphatic hydroxyl groups is 1. The summed E-state index contributed by atoms with van der Waals surface area (Å²) in [7, 11) is 0. The standard InChI is InChI=1S/C25H35N5O3S/c1-5-15(3)27-20-12-14(2)17(13-26-20)22-21(25(33)30-11-7-8-16(30)4)29-24(34-22)23(32)28-18-9-6-10-19(18)31/h12-13,15-16,18-19,31H,5-11H2,1-4H3,(H,26,27)(H,28,32)/t15-,16+,18-,19-/m1/s1. The molecule has 1 aliphatic heterocycles. The third kappa shape index (κ3) is 5.10. The Hall–Kier alpha value is -2.52. The highest BCUT2D eigenvalue weighted by Gasteiger charge is 2.33. The quantitative estimate of drug-likeness (QED) is 0.547. The van der Waals surface area contributed by atoms with Crippen LogP contribution >= 0.6 is 11.3 Å². The number of rotatable bonds is 7. The number of pyridine rings is 1. The van der Waals surface area contributed by atoms with Gasteiger partial charge in [0.05, 0.1) is 17.0 Å². The minimum atomic E-state index is -0.535. The van der Waals surface area contributed by atoms with Crippen molar-refractivity contribution in [1.29, 1.82) is 0 Å². The molecule has 2 aromatic heterocycles. The predicted molar refractivity (Wildman–Crippen MR) is 134 cm³/mol. The topological polar surface area (TPSA) is 107 Å². The minimum Gasteiger partial charge on any atom is -0.391 e. The number of nitrogens with one attached hydrogen (secondary N) is 2. The minimum absolute atomic E-state index is 0.141. The third-order valence-corrected chi connectivity index (χ3v) is 8.08. The number of hydrogen-bond acceptors (Lipinski definition) is 7. The molecule has 0 unspecified atom stereocenters. The van der Waals surface area contributed by atoms with Gasteiger partial charge in [0.2, 0.25) is 0 Å². The SMILES string of the molecule is CC[C@@H](C)Nc1cc(C)c(-c2sc(C(=O)N[C@@H]3CCC[C@H]3O)nc2C(=O)N2CCC[C@@H]2C)cn1. The average molecular weight is 486 g/mol. The first-order chi connectivity index (χ1) is 16.3. The van der Waals surface area contributed by atoms with Gasteiger partial charge in [-0.2, -0.15) is 0 Å². The molecule has 1 saturated heterocycles. The van der Waals surface area contributed by atoms with Crippen molar-refractivity contribution in [3.8, 4) is 10.4 Å². The van der Waals surface area contributed by atoms with Crippen LogP contribution in [0.4, 0.5) is 5.82 Å². The molecule has 0 spiro atoms. The van der Waals surface area contributed by atoms with Crippen molar-refractivity contribution in [2.45, 2.75) is 90.4 Å². The second-order valence-electron chi connectivity index (χ2n) is 9.60. The van der Waals surface area contributed by atoms with Gasteiger partial charge in [0.25, 0.3) is 11.8 Å². The zero-order chi connectivity index (χ0) is 24.4. The van der Waals surface area contributed by atoms with Gasteiger partial charge in [0, 0.05) is 30.4 Å². The number of hydrogen-bond donors (Lipinski definition) is 3. The van der Waals surface area contributed by atoms with E-state index in [9.17, 15) is 14.7 Å². The van der Waals surface area contributed by atoms with Crippen molar-refractivity contribution in [1.82, 2.24) is 20.2 Å². The second kappa shape index (κ2) is 10.4. The van der Waals surface area contributed by atoms with Gasteiger partial charge in [0.15, 0.2) is 5.01 Å². The van der Waals surface area contributed by atoms with Gasteiger partial charge in [-0.15, -0.1) is 11.3 Å². The fourth-order valence-corrected chi connectivity index (χ4v) is 5.72. The number of aromatic nitrogens is 2. The van der Waals surface area contributed by atoms with Crippen molar-refractivity contribution in [2.24, 2.45) is 0 Å². The zero-order valence-corrected chi connectivity index (χ0v) is 21.2. The summed E-state index contributed by atoms with van der Waals surface area (Å²) in [4.78, 5) is 38.2. The summed E-state index contributed by atoms with van der Waals surface area (Å²) >= 11 is 1.22. The molecular formula is C25H35N5O3S. The van der Waals surface area contributed by atoms with Crippen molar-refractivity contribution >= 4 is 29.0 Å².